The Hall–Kier alpha value is -1.65. The minimum absolute atomic E-state index is 0.213. The molecule has 0 amide bonds. The molecule has 0 spiro atoms. The number of benzene rings is 2. The van der Waals surface area contributed by atoms with Gasteiger partial charge in [-0.1, -0.05) is 41.5 Å². The first-order valence-electron chi connectivity index (χ1n) is 5.60. The lowest BCUT2D eigenvalue weighted by molar-refractivity contribution is 0.632. The summed E-state index contributed by atoms with van der Waals surface area (Å²) in [4.78, 5) is 0.249. The third-order valence-corrected chi connectivity index (χ3v) is 3.20. The van der Waals surface area contributed by atoms with Crippen LogP contribution in [0.3, 0.4) is 0 Å². The van der Waals surface area contributed by atoms with Crippen LogP contribution in [-0.4, -0.2) is 4.99 Å². The minimum atomic E-state index is -0.429. The van der Waals surface area contributed by atoms with Crippen molar-refractivity contribution in [3.05, 3.63) is 58.4 Å². The number of para-hydroxylation sites is 1. The lowest BCUT2D eigenvalue weighted by atomic mass is 10.1. The zero-order valence-electron chi connectivity index (χ0n) is 10.2. The molecule has 0 atom stereocenters. The Morgan fingerprint density at radius 1 is 1.32 bits per heavy atom. The highest BCUT2D eigenvalue weighted by atomic mass is 35.5. The van der Waals surface area contributed by atoms with Crippen LogP contribution in [0.5, 0.6) is 0 Å². The molecule has 0 radical (unpaired) electrons. The van der Waals surface area contributed by atoms with Crippen LogP contribution in [0.4, 0.5) is 15.8 Å². The van der Waals surface area contributed by atoms with E-state index >= 15 is 0 Å². The summed E-state index contributed by atoms with van der Waals surface area (Å²) in [5, 5.41) is 3.24. The summed E-state index contributed by atoms with van der Waals surface area (Å²) in [5.74, 6) is -0.429. The molecule has 3 N–H and O–H groups in total. The smallest absolute Gasteiger partial charge is 0.148 e. The average Bonchev–Trinajstić information content (AvgIpc) is 2.35. The van der Waals surface area contributed by atoms with Gasteiger partial charge < -0.3 is 11.1 Å². The molecule has 2 nitrogen and oxygen atoms in total. The maximum atomic E-state index is 13.7. The fourth-order valence-corrected chi connectivity index (χ4v) is 2.10. The number of hydrogen-bond acceptors (Lipinski definition) is 2. The van der Waals surface area contributed by atoms with E-state index in [9.17, 15) is 4.39 Å². The van der Waals surface area contributed by atoms with Crippen LogP contribution in [0, 0.1) is 12.7 Å². The standard InChI is InChI=1S/C14H12ClFN2S/c1-8-5-6-12(9(7-8)14(17)19)18-13-10(15)3-2-4-11(13)16/h2-7,18H,1H3,(H2,17,19). The molecule has 98 valence electrons. The topological polar surface area (TPSA) is 38.0 Å². The second kappa shape index (κ2) is 5.55. The Kier molecular flexibility index (Phi) is 4.02. The van der Waals surface area contributed by atoms with Crippen molar-refractivity contribution in [2.75, 3.05) is 5.32 Å². The highest BCUT2D eigenvalue weighted by Crippen LogP contribution is 2.30. The van der Waals surface area contributed by atoms with Crippen LogP contribution in [0.1, 0.15) is 11.1 Å². The molecule has 19 heavy (non-hydrogen) atoms. The molecule has 0 heterocycles. The van der Waals surface area contributed by atoms with E-state index in [0.29, 0.717) is 16.3 Å². The predicted molar refractivity (Wildman–Crippen MR) is 81.8 cm³/mol. The summed E-state index contributed by atoms with van der Waals surface area (Å²) >= 11 is 11.0. The Balaban J connectivity index is 2.47. The molecule has 0 saturated heterocycles. The summed E-state index contributed by atoms with van der Waals surface area (Å²) in [5.41, 5.74) is 8.20. The lowest BCUT2D eigenvalue weighted by Crippen LogP contribution is -2.12. The Labute approximate surface area is 121 Å². The van der Waals surface area contributed by atoms with Gasteiger partial charge in [-0.2, -0.15) is 0 Å². The maximum Gasteiger partial charge on any atom is 0.148 e. The lowest BCUT2D eigenvalue weighted by Gasteiger charge is -2.13. The summed E-state index contributed by atoms with van der Waals surface area (Å²) in [6, 6.07) is 10.0. The molecule has 0 saturated carbocycles. The molecule has 0 aromatic heterocycles. The summed E-state index contributed by atoms with van der Waals surface area (Å²) in [7, 11) is 0. The molecule has 0 aliphatic carbocycles. The number of rotatable bonds is 3. The van der Waals surface area contributed by atoms with E-state index < -0.39 is 5.82 Å². The fourth-order valence-electron chi connectivity index (χ4n) is 1.72. The van der Waals surface area contributed by atoms with Gasteiger partial charge in [-0.3, -0.25) is 0 Å². The largest absolute Gasteiger partial charge is 0.389 e. The van der Waals surface area contributed by atoms with E-state index in [1.165, 1.54) is 6.07 Å². The van der Waals surface area contributed by atoms with Crippen LogP contribution in [-0.2, 0) is 0 Å². The third-order valence-electron chi connectivity index (χ3n) is 2.66. The molecule has 2 aromatic rings. The van der Waals surface area contributed by atoms with E-state index in [4.69, 9.17) is 29.6 Å². The van der Waals surface area contributed by atoms with E-state index in [-0.39, 0.29) is 10.7 Å². The van der Waals surface area contributed by atoms with Crippen LogP contribution >= 0.6 is 23.8 Å². The number of hydrogen-bond donors (Lipinski definition) is 2. The van der Waals surface area contributed by atoms with Crippen molar-refractivity contribution in [1.82, 2.24) is 0 Å². The molecule has 0 unspecified atom stereocenters. The van der Waals surface area contributed by atoms with Gasteiger partial charge in [-0.15, -0.1) is 0 Å². The Morgan fingerprint density at radius 2 is 2.05 bits per heavy atom. The monoisotopic (exact) mass is 294 g/mol. The van der Waals surface area contributed by atoms with Gasteiger partial charge in [0.2, 0.25) is 0 Å². The van der Waals surface area contributed by atoms with Crippen molar-refractivity contribution in [3.8, 4) is 0 Å². The SMILES string of the molecule is Cc1ccc(Nc2c(F)cccc2Cl)c(C(N)=S)c1. The number of anilines is 2. The summed E-state index contributed by atoms with van der Waals surface area (Å²) < 4.78 is 13.7. The van der Waals surface area contributed by atoms with Crippen molar-refractivity contribution in [2.45, 2.75) is 6.92 Å². The van der Waals surface area contributed by atoms with E-state index in [1.54, 1.807) is 18.2 Å². The van der Waals surface area contributed by atoms with Crippen molar-refractivity contribution < 1.29 is 4.39 Å². The maximum absolute atomic E-state index is 13.7. The van der Waals surface area contributed by atoms with Crippen LogP contribution in [0.15, 0.2) is 36.4 Å². The molecular weight excluding hydrogens is 283 g/mol. The van der Waals surface area contributed by atoms with Crippen LogP contribution in [0.2, 0.25) is 5.02 Å². The van der Waals surface area contributed by atoms with E-state index in [1.807, 2.05) is 19.1 Å². The van der Waals surface area contributed by atoms with Crippen molar-refractivity contribution in [2.24, 2.45) is 5.73 Å². The van der Waals surface area contributed by atoms with E-state index in [0.717, 1.165) is 5.56 Å². The van der Waals surface area contributed by atoms with Gasteiger partial charge in [0.15, 0.2) is 0 Å². The highest BCUT2D eigenvalue weighted by molar-refractivity contribution is 7.80. The molecule has 2 rings (SSSR count). The van der Waals surface area contributed by atoms with Gasteiger partial charge in [-0.05, 0) is 31.2 Å². The van der Waals surface area contributed by atoms with Gasteiger partial charge in [0.05, 0.1) is 10.7 Å². The van der Waals surface area contributed by atoms with Gasteiger partial charge in [0.1, 0.15) is 10.8 Å². The van der Waals surface area contributed by atoms with Gasteiger partial charge >= 0.3 is 0 Å². The fraction of sp³-hybridized carbons (Fsp3) is 0.0714. The normalized spacial score (nSPS) is 10.3. The molecule has 0 aliphatic heterocycles. The zero-order chi connectivity index (χ0) is 14.0. The molecular formula is C14H12ClFN2S. The molecule has 5 heteroatoms. The molecule has 0 aliphatic rings. The molecule has 2 aromatic carbocycles. The number of nitrogens with two attached hydrogens (primary N) is 1. The number of thiocarbonyl (C=S) groups is 1. The summed E-state index contributed by atoms with van der Waals surface area (Å²) in [6.45, 7) is 1.93. The number of nitrogens with one attached hydrogen (secondary N) is 1. The van der Waals surface area contributed by atoms with Gasteiger partial charge in [0.25, 0.3) is 0 Å². The first-order valence-corrected chi connectivity index (χ1v) is 6.39. The van der Waals surface area contributed by atoms with Crippen LogP contribution in [0.25, 0.3) is 0 Å². The number of aryl methyl sites for hydroxylation is 1. The minimum Gasteiger partial charge on any atom is -0.389 e. The van der Waals surface area contributed by atoms with E-state index in [2.05, 4.69) is 5.32 Å². The molecule has 0 fully saturated rings. The third kappa shape index (κ3) is 3.03. The average molecular weight is 295 g/mol. The second-order valence-electron chi connectivity index (χ2n) is 4.13. The van der Waals surface area contributed by atoms with Crippen molar-refractivity contribution in [1.29, 1.82) is 0 Å². The quantitative estimate of drug-likeness (QED) is 0.835. The predicted octanol–water partition coefficient (Wildman–Crippen LogP) is 4.17. The summed E-state index contributed by atoms with van der Waals surface area (Å²) in [6.07, 6.45) is 0. The van der Waals surface area contributed by atoms with Crippen LogP contribution < -0.4 is 11.1 Å². The Morgan fingerprint density at radius 3 is 2.68 bits per heavy atom. The Bertz CT molecular complexity index is 623. The highest BCUT2D eigenvalue weighted by Gasteiger charge is 2.11. The second-order valence-corrected chi connectivity index (χ2v) is 4.98. The van der Waals surface area contributed by atoms with Gasteiger partial charge in [0, 0.05) is 11.3 Å². The first-order chi connectivity index (χ1) is 8.99. The first kappa shape index (κ1) is 13.8. The molecule has 0 bridgehead atoms. The number of halogens is 2. The van der Waals surface area contributed by atoms with Gasteiger partial charge in [-0.25, -0.2) is 4.39 Å². The van der Waals surface area contributed by atoms with Crippen molar-refractivity contribution in [3.63, 3.8) is 0 Å². The van der Waals surface area contributed by atoms with Crippen molar-refractivity contribution >= 4 is 40.2 Å². The zero-order valence-corrected chi connectivity index (χ0v) is 11.8.